The molecule has 0 aliphatic heterocycles. The monoisotopic (exact) mass is 247 g/mol. The minimum absolute atomic E-state index is 0.0673. The number of nitrogens with zero attached hydrogens (tertiary/aromatic N) is 2. The Balaban J connectivity index is 2.71. The molecule has 0 bridgehead atoms. The van der Waals surface area contributed by atoms with Crippen LogP contribution in [0.5, 0.6) is 0 Å². The van der Waals surface area contributed by atoms with E-state index in [-0.39, 0.29) is 12.0 Å². The molecular formula is C12H13N3O3. The standard InChI is InChI=1S/C12H13N3O3/c1-8(6-13)5-10(12(17)18)15-11(16)9-3-2-4-14-7-9/h2-4,7-8,10H,5H2,1H3,(H,15,16)(H,17,18)/t8-,10-/m1/s1. The molecule has 6 nitrogen and oxygen atoms in total. The van der Waals surface area contributed by atoms with Crippen LogP contribution in [-0.2, 0) is 4.79 Å². The Kier molecular flexibility index (Phi) is 4.81. The van der Waals surface area contributed by atoms with Crippen molar-refractivity contribution in [2.75, 3.05) is 0 Å². The van der Waals surface area contributed by atoms with E-state index in [9.17, 15) is 9.59 Å². The van der Waals surface area contributed by atoms with Crippen LogP contribution in [-0.4, -0.2) is 28.0 Å². The van der Waals surface area contributed by atoms with Gasteiger partial charge >= 0.3 is 5.97 Å². The van der Waals surface area contributed by atoms with Crippen molar-refractivity contribution in [2.24, 2.45) is 5.92 Å². The van der Waals surface area contributed by atoms with E-state index in [1.807, 2.05) is 6.07 Å². The van der Waals surface area contributed by atoms with Crippen LogP contribution in [0.2, 0.25) is 0 Å². The van der Waals surface area contributed by atoms with E-state index in [0.717, 1.165) is 0 Å². The number of nitriles is 1. The van der Waals surface area contributed by atoms with Crippen LogP contribution in [0.15, 0.2) is 24.5 Å². The molecule has 1 amide bonds. The van der Waals surface area contributed by atoms with Gasteiger partial charge in [-0.05, 0) is 25.5 Å². The van der Waals surface area contributed by atoms with Crippen molar-refractivity contribution in [3.8, 4) is 6.07 Å². The number of nitrogens with one attached hydrogen (secondary N) is 1. The highest BCUT2D eigenvalue weighted by atomic mass is 16.4. The molecule has 0 radical (unpaired) electrons. The molecule has 2 N–H and O–H groups in total. The summed E-state index contributed by atoms with van der Waals surface area (Å²) in [4.78, 5) is 26.5. The van der Waals surface area contributed by atoms with E-state index < -0.39 is 23.8 Å². The Morgan fingerprint density at radius 1 is 1.61 bits per heavy atom. The summed E-state index contributed by atoms with van der Waals surface area (Å²) in [7, 11) is 0. The Bertz CT molecular complexity index is 467. The van der Waals surface area contributed by atoms with Gasteiger partial charge in [-0.2, -0.15) is 5.26 Å². The van der Waals surface area contributed by atoms with Crippen molar-refractivity contribution in [1.29, 1.82) is 5.26 Å². The van der Waals surface area contributed by atoms with Gasteiger partial charge in [0.25, 0.3) is 5.91 Å². The van der Waals surface area contributed by atoms with Crippen molar-refractivity contribution < 1.29 is 14.7 Å². The molecule has 0 unspecified atom stereocenters. The number of amides is 1. The quantitative estimate of drug-likeness (QED) is 0.801. The lowest BCUT2D eigenvalue weighted by Gasteiger charge is -2.15. The van der Waals surface area contributed by atoms with Crippen LogP contribution >= 0.6 is 0 Å². The highest BCUT2D eigenvalue weighted by Gasteiger charge is 2.22. The molecule has 0 aromatic carbocycles. The molecule has 1 heterocycles. The van der Waals surface area contributed by atoms with E-state index in [2.05, 4.69) is 10.3 Å². The predicted octanol–water partition coefficient (Wildman–Crippen LogP) is 0.814. The van der Waals surface area contributed by atoms with E-state index >= 15 is 0 Å². The summed E-state index contributed by atoms with van der Waals surface area (Å²) in [6.45, 7) is 1.60. The van der Waals surface area contributed by atoms with Crippen LogP contribution < -0.4 is 5.32 Å². The Labute approximate surface area is 104 Å². The second-order valence-corrected chi connectivity index (χ2v) is 3.87. The number of carbonyl (C=O) groups excluding carboxylic acids is 1. The number of hydrogen-bond donors (Lipinski definition) is 2. The number of rotatable bonds is 5. The summed E-state index contributed by atoms with van der Waals surface area (Å²) in [6, 6.07) is 3.98. The normalized spacial score (nSPS) is 13.1. The number of aliphatic carboxylic acids is 1. The van der Waals surface area contributed by atoms with E-state index in [0.29, 0.717) is 0 Å². The largest absolute Gasteiger partial charge is 0.480 e. The minimum atomic E-state index is -1.16. The lowest BCUT2D eigenvalue weighted by molar-refractivity contribution is -0.139. The van der Waals surface area contributed by atoms with Gasteiger partial charge in [0.1, 0.15) is 6.04 Å². The summed E-state index contributed by atoms with van der Waals surface area (Å²) >= 11 is 0. The molecule has 0 aliphatic rings. The van der Waals surface area contributed by atoms with Crippen LogP contribution in [0.25, 0.3) is 0 Å². The third-order valence-electron chi connectivity index (χ3n) is 2.34. The van der Waals surface area contributed by atoms with Crippen molar-refractivity contribution >= 4 is 11.9 Å². The van der Waals surface area contributed by atoms with Gasteiger partial charge in [-0.1, -0.05) is 0 Å². The topological polar surface area (TPSA) is 103 Å². The smallest absolute Gasteiger partial charge is 0.326 e. The number of aromatic nitrogens is 1. The lowest BCUT2D eigenvalue weighted by Crippen LogP contribution is -2.41. The maximum absolute atomic E-state index is 11.7. The molecule has 0 saturated carbocycles. The van der Waals surface area contributed by atoms with Gasteiger partial charge in [-0.25, -0.2) is 4.79 Å². The second kappa shape index (κ2) is 6.35. The number of carbonyl (C=O) groups is 2. The maximum Gasteiger partial charge on any atom is 0.326 e. The molecule has 0 aliphatic carbocycles. The van der Waals surface area contributed by atoms with Gasteiger partial charge in [-0.15, -0.1) is 0 Å². The number of carboxylic acids is 1. The zero-order chi connectivity index (χ0) is 13.5. The predicted molar refractivity (Wildman–Crippen MR) is 62.5 cm³/mol. The third-order valence-corrected chi connectivity index (χ3v) is 2.34. The number of hydrogen-bond acceptors (Lipinski definition) is 4. The third kappa shape index (κ3) is 3.87. The summed E-state index contributed by atoms with van der Waals surface area (Å²) in [5, 5.41) is 20.0. The first-order chi connectivity index (χ1) is 8.54. The average molecular weight is 247 g/mol. The summed E-state index contributed by atoms with van der Waals surface area (Å²) in [6.07, 6.45) is 2.93. The summed E-state index contributed by atoms with van der Waals surface area (Å²) < 4.78 is 0. The molecular weight excluding hydrogens is 234 g/mol. The minimum Gasteiger partial charge on any atom is -0.480 e. The molecule has 1 rings (SSSR count). The van der Waals surface area contributed by atoms with Gasteiger partial charge in [0.2, 0.25) is 0 Å². The van der Waals surface area contributed by atoms with Crippen LogP contribution in [0.1, 0.15) is 23.7 Å². The van der Waals surface area contributed by atoms with Crippen molar-refractivity contribution in [2.45, 2.75) is 19.4 Å². The lowest BCUT2D eigenvalue weighted by atomic mass is 10.0. The number of pyridine rings is 1. The van der Waals surface area contributed by atoms with E-state index in [4.69, 9.17) is 10.4 Å². The molecule has 0 fully saturated rings. The molecule has 2 atom stereocenters. The molecule has 6 heteroatoms. The molecule has 1 aromatic rings. The van der Waals surface area contributed by atoms with Crippen LogP contribution in [0.3, 0.4) is 0 Å². The molecule has 0 spiro atoms. The number of carboxylic acid groups (broad SMARTS) is 1. The van der Waals surface area contributed by atoms with Gasteiger partial charge in [0.05, 0.1) is 11.6 Å². The van der Waals surface area contributed by atoms with Gasteiger partial charge in [-0.3, -0.25) is 9.78 Å². The maximum atomic E-state index is 11.7. The first-order valence-electron chi connectivity index (χ1n) is 5.38. The first-order valence-corrected chi connectivity index (χ1v) is 5.38. The summed E-state index contributed by atoms with van der Waals surface area (Å²) in [5.41, 5.74) is 0.286. The molecule has 1 aromatic heterocycles. The fourth-order valence-electron chi connectivity index (χ4n) is 1.37. The van der Waals surface area contributed by atoms with E-state index in [1.165, 1.54) is 18.5 Å². The zero-order valence-corrected chi connectivity index (χ0v) is 9.83. The first kappa shape index (κ1) is 13.6. The van der Waals surface area contributed by atoms with Crippen LogP contribution in [0, 0.1) is 17.2 Å². The fraction of sp³-hybridized carbons (Fsp3) is 0.333. The molecule has 0 saturated heterocycles. The van der Waals surface area contributed by atoms with E-state index in [1.54, 1.807) is 13.0 Å². The van der Waals surface area contributed by atoms with Crippen molar-refractivity contribution in [1.82, 2.24) is 10.3 Å². The average Bonchev–Trinajstić information content (AvgIpc) is 2.38. The van der Waals surface area contributed by atoms with Crippen molar-refractivity contribution in [3.05, 3.63) is 30.1 Å². The fourth-order valence-corrected chi connectivity index (χ4v) is 1.37. The Morgan fingerprint density at radius 2 is 2.33 bits per heavy atom. The summed E-state index contributed by atoms with van der Waals surface area (Å²) in [5.74, 6) is -2.12. The van der Waals surface area contributed by atoms with Crippen molar-refractivity contribution in [3.63, 3.8) is 0 Å². The Morgan fingerprint density at radius 3 is 2.83 bits per heavy atom. The van der Waals surface area contributed by atoms with Gasteiger partial charge < -0.3 is 10.4 Å². The SMILES string of the molecule is C[C@@H](C#N)C[C@@H](NC(=O)c1cccnc1)C(=O)O. The second-order valence-electron chi connectivity index (χ2n) is 3.87. The highest BCUT2D eigenvalue weighted by Crippen LogP contribution is 2.06. The molecule has 18 heavy (non-hydrogen) atoms. The van der Waals surface area contributed by atoms with Crippen LogP contribution in [0.4, 0.5) is 0 Å². The zero-order valence-electron chi connectivity index (χ0n) is 9.83. The highest BCUT2D eigenvalue weighted by molar-refractivity contribution is 5.96. The van der Waals surface area contributed by atoms with Gasteiger partial charge in [0, 0.05) is 18.3 Å². The molecule has 94 valence electrons. The Hall–Kier alpha value is -2.42. The van der Waals surface area contributed by atoms with Gasteiger partial charge in [0.15, 0.2) is 0 Å².